The summed E-state index contributed by atoms with van der Waals surface area (Å²) in [6.07, 6.45) is 2.20. The highest BCUT2D eigenvalue weighted by atomic mass is 16.5. The lowest BCUT2D eigenvalue weighted by Gasteiger charge is -2.26. The lowest BCUT2D eigenvalue weighted by molar-refractivity contribution is 0.0683. The van der Waals surface area contributed by atoms with Gasteiger partial charge in [-0.3, -0.25) is 4.79 Å². The third-order valence-electron chi connectivity index (χ3n) is 3.19. The molecule has 0 saturated carbocycles. The molecule has 4 nitrogen and oxygen atoms in total. The zero-order valence-corrected chi connectivity index (χ0v) is 10.4. The molecule has 94 valence electrons. The van der Waals surface area contributed by atoms with Crippen LogP contribution in [0.3, 0.4) is 0 Å². The van der Waals surface area contributed by atoms with Crippen LogP contribution in [0.5, 0.6) is 0 Å². The average molecular weight is 237 g/mol. The fraction of sp³-hybridized carbons (Fsp3) is 0.615. The first kappa shape index (κ1) is 12.2. The van der Waals surface area contributed by atoms with Crippen molar-refractivity contribution in [1.82, 2.24) is 0 Å². The fourth-order valence-corrected chi connectivity index (χ4v) is 2.13. The number of nitrogens with zero attached hydrogens (tertiary/aromatic N) is 1. The molecular formula is C13H19NO3. The number of carbonyl (C=O) groups is 1. The molecule has 0 aliphatic carbocycles. The van der Waals surface area contributed by atoms with E-state index < -0.39 is 0 Å². The van der Waals surface area contributed by atoms with Crippen LogP contribution in [-0.2, 0) is 4.74 Å². The summed E-state index contributed by atoms with van der Waals surface area (Å²) in [6.45, 7) is 4.18. The Morgan fingerprint density at radius 1 is 1.41 bits per heavy atom. The van der Waals surface area contributed by atoms with Gasteiger partial charge in [-0.05, 0) is 24.8 Å². The van der Waals surface area contributed by atoms with Crippen molar-refractivity contribution in [2.75, 3.05) is 31.7 Å². The highest BCUT2D eigenvalue weighted by molar-refractivity contribution is 5.91. The smallest absolute Gasteiger partial charge is 0.196 e. The van der Waals surface area contributed by atoms with Crippen molar-refractivity contribution in [2.24, 2.45) is 5.92 Å². The molecule has 0 unspecified atom stereocenters. The first-order valence-corrected chi connectivity index (χ1v) is 6.06. The number of hydrogen-bond donors (Lipinski definition) is 0. The maximum atomic E-state index is 11.1. The second-order valence-electron chi connectivity index (χ2n) is 4.63. The van der Waals surface area contributed by atoms with Crippen molar-refractivity contribution in [3.05, 3.63) is 17.9 Å². The molecule has 2 rings (SSSR count). The minimum Gasteiger partial charge on any atom is -0.437 e. The molecule has 0 spiro atoms. The average Bonchev–Trinajstić information content (AvgIpc) is 2.79. The van der Waals surface area contributed by atoms with Crippen LogP contribution < -0.4 is 4.90 Å². The Morgan fingerprint density at radius 2 is 2.12 bits per heavy atom. The number of Topliss-reactive ketones (excluding diaryl/α,β-unsaturated/α-hetero) is 1. The van der Waals surface area contributed by atoms with Crippen LogP contribution in [0.4, 0.5) is 5.88 Å². The van der Waals surface area contributed by atoms with Gasteiger partial charge in [-0.15, -0.1) is 0 Å². The Balaban J connectivity index is 1.93. The first-order chi connectivity index (χ1) is 8.16. The highest BCUT2D eigenvalue weighted by Crippen LogP contribution is 2.22. The topological polar surface area (TPSA) is 42.7 Å². The van der Waals surface area contributed by atoms with Crippen molar-refractivity contribution in [3.63, 3.8) is 0 Å². The lowest BCUT2D eigenvalue weighted by Crippen LogP contribution is -2.29. The third kappa shape index (κ3) is 3.09. The van der Waals surface area contributed by atoms with Gasteiger partial charge in [0.25, 0.3) is 0 Å². The Hall–Kier alpha value is -1.29. The van der Waals surface area contributed by atoms with E-state index in [-0.39, 0.29) is 5.78 Å². The van der Waals surface area contributed by atoms with E-state index in [1.54, 1.807) is 6.07 Å². The predicted molar refractivity (Wildman–Crippen MR) is 65.5 cm³/mol. The molecule has 0 amide bonds. The van der Waals surface area contributed by atoms with Crippen LogP contribution >= 0.6 is 0 Å². The van der Waals surface area contributed by atoms with Crippen LogP contribution in [-0.4, -0.2) is 32.6 Å². The molecule has 4 heteroatoms. The molecule has 1 fully saturated rings. The molecule has 1 saturated heterocycles. The van der Waals surface area contributed by atoms with E-state index in [1.807, 2.05) is 13.1 Å². The molecule has 1 aliphatic rings. The molecule has 2 heterocycles. The van der Waals surface area contributed by atoms with Crippen LogP contribution in [0.2, 0.25) is 0 Å². The van der Waals surface area contributed by atoms with Crippen LogP contribution in [0.15, 0.2) is 16.5 Å². The summed E-state index contributed by atoms with van der Waals surface area (Å²) in [5, 5.41) is 0. The minimum atomic E-state index is -0.0317. The maximum absolute atomic E-state index is 11.1. The van der Waals surface area contributed by atoms with E-state index in [1.165, 1.54) is 6.92 Å². The lowest BCUT2D eigenvalue weighted by atomic mass is 10.00. The summed E-state index contributed by atoms with van der Waals surface area (Å²) < 4.78 is 10.8. The number of ether oxygens (including phenoxy) is 1. The van der Waals surface area contributed by atoms with Gasteiger partial charge in [0.2, 0.25) is 0 Å². The van der Waals surface area contributed by atoms with Gasteiger partial charge in [0.15, 0.2) is 17.4 Å². The summed E-state index contributed by atoms with van der Waals surface area (Å²) in [7, 11) is 2.00. The number of rotatable bonds is 4. The Bertz CT molecular complexity index is 380. The van der Waals surface area contributed by atoms with E-state index in [2.05, 4.69) is 4.90 Å². The summed E-state index contributed by atoms with van der Waals surface area (Å²) in [5.41, 5.74) is 0. The van der Waals surface area contributed by atoms with Crippen molar-refractivity contribution >= 4 is 11.7 Å². The van der Waals surface area contributed by atoms with Crippen molar-refractivity contribution in [3.8, 4) is 0 Å². The fourth-order valence-electron chi connectivity index (χ4n) is 2.13. The molecule has 0 N–H and O–H groups in total. The standard InChI is InChI=1S/C13H19NO3/c1-10(15)12-3-4-13(17-12)14(2)9-11-5-7-16-8-6-11/h3-4,11H,5-9H2,1-2H3. The first-order valence-electron chi connectivity index (χ1n) is 6.06. The van der Waals surface area contributed by atoms with Gasteiger partial charge in [-0.25, -0.2) is 0 Å². The molecule has 0 atom stereocenters. The Kier molecular flexibility index (Phi) is 3.84. The van der Waals surface area contributed by atoms with E-state index in [0.717, 1.165) is 38.5 Å². The van der Waals surface area contributed by atoms with Crippen LogP contribution in [0.25, 0.3) is 0 Å². The summed E-state index contributed by atoms with van der Waals surface area (Å²) in [6, 6.07) is 3.59. The minimum absolute atomic E-state index is 0.0317. The van der Waals surface area contributed by atoms with Crippen LogP contribution in [0, 0.1) is 5.92 Å². The van der Waals surface area contributed by atoms with E-state index in [4.69, 9.17) is 9.15 Å². The Labute approximate surface area is 102 Å². The number of ketones is 1. The van der Waals surface area contributed by atoms with Crippen LogP contribution in [0.1, 0.15) is 30.3 Å². The second-order valence-corrected chi connectivity index (χ2v) is 4.63. The van der Waals surface area contributed by atoms with Gasteiger partial charge in [-0.1, -0.05) is 0 Å². The van der Waals surface area contributed by atoms with Gasteiger partial charge < -0.3 is 14.1 Å². The van der Waals surface area contributed by atoms with Crippen molar-refractivity contribution < 1.29 is 13.9 Å². The van der Waals surface area contributed by atoms with E-state index in [0.29, 0.717) is 11.7 Å². The Morgan fingerprint density at radius 3 is 2.71 bits per heavy atom. The number of carbonyl (C=O) groups excluding carboxylic acids is 1. The molecule has 1 aromatic rings. The molecule has 1 aromatic heterocycles. The monoisotopic (exact) mass is 237 g/mol. The van der Waals surface area contributed by atoms with E-state index in [9.17, 15) is 4.79 Å². The zero-order valence-electron chi connectivity index (χ0n) is 10.4. The number of anilines is 1. The van der Waals surface area contributed by atoms with Gasteiger partial charge in [0.1, 0.15) is 0 Å². The normalized spacial score (nSPS) is 17.1. The second kappa shape index (κ2) is 5.36. The summed E-state index contributed by atoms with van der Waals surface area (Å²) >= 11 is 0. The van der Waals surface area contributed by atoms with Gasteiger partial charge in [-0.2, -0.15) is 0 Å². The van der Waals surface area contributed by atoms with Gasteiger partial charge >= 0.3 is 0 Å². The molecule has 17 heavy (non-hydrogen) atoms. The number of furan rings is 1. The molecule has 0 radical (unpaired) electrons. The highest BCUT2D eigenvalue weighted by Gasteiger charge is 2.17. The zero-order chi connectivity index (χ0) is 12.3. The number of hydrogen-bond acceptors (Lipinski definition) is 4. The molecule has 0 aromatic carbocycles. The largest absolute Gasteiger partial charge is 0.437 e. The van der Waals surface area contributed by atoms with Crippen molar-refractivity contribution in [2.45, 2.75) is 19.8 Å². The van der Waals surface area contributed by atoms with Crippen molar-refractivity contribution in [1.29, 1.82) is 0 Å². The molecule has 1 aliphatic heterocycles. The summed E-state index contributed by atoms with van der Waals surface area (Å²) in [5.74, 6) is 1.82. The SMILES string of the molecule is CC(=O)c1ccc(N(C)CC2CCOCC2)o1. The molecular weight excluding hydrogens is 218 g/mol. The van der Waals surface area contributed by atoms with E-state index >= 15 is 0 Å². The molecule has 0 bridgehead atoms. The maximum Gasteiger partial charge on any atom is 0.196 e. The predicted octanol–water partition coefficient (Wildman–Crippen LogP) is 2.35. The third-order valence-corrected chi connectivity index (χ3v) is 3.19. The van der Waals surface area contributed by atoms with Gasteiger partial charge in [0.05, 0.1) is 0 Å². The van der Waals surface area contributed by atoms with Gasteiger partial charge in [0, 0.05) is 39.8 Å². The quantitative estimate of drug-likeness (QED) is 0.754. The summed E-state index contributed by atoms with van der Waals surface area (Å²) in [4.78, 5) is 13.2.